The Morgan fingerprint density at radius 3 is 3.11 bits per heavy atom. The van der Waals surface area contributed by atoms with E-state index in [0.29, 0.717) is 12.3 Å². The Labute approximate surface area is 118 Å². The van der Waals surface area contributed by atoms with Gasteiger partial charge in [-0.2, -0.15) is 0 Å². The van der Waals surface area contributed by atoms with Crippen LogP contribution in [0.3, 0.4) is 0 Å². The number of nitrogens with zero attached hydrogens (tertiary/aromatic N) is 2. The molecule has 1 amide bonds. The minimum absolute atomic E-state index is 0.234. The third-order valence-corrected chi connectivity index (χ3v) is 4.66. The molecular formula is C14H22N2O2S. The van der Waals surface area contributed by atoms with E-state index in [1.165, 1.54) is 4.88 Å². The molecule has 0 N–H and O–H groups in total. The molecule has 0 bridgehead atoms. The number of aryl methyl sites for hydroxylation is 1. The molecule has 1 saturated heterocycles. The smallest absolute Gasteiger partial charge is 0.222 e. The molecule has 0 aromatic carbocycles. The molecule has 19 heavy (non-hydrogen) atoms. The van der Waals surface area contributed by atoms with Gasteiger partial charge in [0.1, 0.15) is 0 Å². The van der Waals surface area contributed by atoms with Gasteiger partial charge in [-0.15, -0.1) is 11.3 Å². The number of thiazole rings is 1. The number of aromatic nitrogens is 1. The first-order valence-corrected chi connectivity index (χ1v) is 7.75. The highest BCUT2D eigenvalue weighted by Gasteiger charge is 2.19. The second kappa shape index (κ2) is 7.01. The molecule has 0 spiro atoms. The van der Waals surface area contributed by atoms with Crippen LogP contribution in [0.25, 0.3) is 0 Å². The quantitative estimate of drug-likeness (QED) is 0.832. The van der Waals surface area contributed by atoms with Gasteiger partial charge in [-0.1, -0.05) is 0 Å². The Balaban J connectivity index is 1.74. The summed E-state index contributed by atoms with van der Waals surface area (Å²) in [6.45, 7) is 4.39. The van der Waals surface area contributed by atoms with Gasteiger partial charge in [-0.05, 0) is 25.7 Å². The van der Waals surface area contributed by atoms with Crippen molar-refractivity contribution in [2.75, 3.05) is 26.8 Å². The topological polar surface area (TPSA) is 42.4 Å². The number of carbonyl (C=O) groups is 1. The summed E-state index contributed by atoms with van der Waals surface area (Å²) in [5.74, 6) is 0.645. The number of hydrogen-bond donors (Lipinski definition) is 0. The Morgan fingerprint density at radius 1 is 1.63 bits per heavy atom. The van der Waals surface area contributed by atoms with Crippen molar-refractivity contribution in [3.63, 3.8) is 0 Å². The van der Waals surface area contributed by atoms with Crippen LogP contribution in [0.5, 0.6) is 0 Å². The molecule has 1 aliphatic heterocycles. The van der Waals surface area contributed by atoms with Crippen LogP contribution in [-0.4, -0.2) is 42.6 Å². The van der Waals surface area contributed by atoms with Crippen molar-refractivity contribution in [2.24, 2.45) is 5.92 Å². The summed E-state index contributed by atoms with van der Waals surface area (Å²) < 4.78 is 5.42. The van der Waals surface area contributed by atoms with E-state index in [9.17, 15) is 4.79 Å². The molecule has 1 fully saturated rings. The first-order valence-electron chi connectivity index (χ1n) is 6.87. The minimum atomic E-state index is 0.234. The maximum absolute atomic E-state index is 12.1. The van der Waals surface area contributed by atoms with E-state index in [2.05, 4.69) is 4.98 Å². The van der Waals surface area contributed by atoms with Gasteiger partial charge < -0.3 is 9.64 Å². The molecule has 0 saturated carbocycles. The maximum Gasteiger partial charge on any atom is 0.222 e. The average Bonchev–Trinajstić information content (AvgIpc) is 2.82. The molecule has 4 nitrogen and oxygen atoms in total. The molecule has 0 radical (unpaired) electrons. The predicted octanol–water partition coefficient (Wildman–Crippen LogP) is 2.27. The molecule has 1 aromatic rings. The third kappa shape index (κ3) is 4.28. The van der Waals surface area contributed by atoms with Gasteiger partial charge in [0, 0.05) is 44.5 Å². The average molecular weight is 282 g/mol. The van der Waals surface area contributed by atoms with E-state index in [0.717, 1.165) is 44.7 Å². The first kappa shape index (κ1) is 14.5. The SMILES string of the molecule is Cc1ncsc1CCN(C)C(=O)CC1CCCOC1. The van der Waals surface area contributed by atoms with Crippen molar-refractivity contribution in [1.29, 1.82) is 0 Å². The van der Waals surface area contributed by atoms with Gasteiger partial charge >= 0.3 is 0 Å². The predicted molar refractivity (Wildman–Crippen MR) is 76.4 cm³/mol. The summed E-state index contributed by atoms with van der Waals surface area (Å²) in [4.78, 5) is 19.5. The van der Waals surface area contributed by atoms with Crippen LogP contribution in [-0.2, 0) is 16.0 Å². The monoisotopic (exact) mass is 282 g/mol. The highest BCUT2D eigenvalue weighted by molar-refractivity contribution is 7.09. The van der Waals surface area contributed by atoms with Gasteiger partial charge in [0.2, 0.25) is 5.91 Å². The largest absolute Gasteiger partial charge is 0.381 e. The molecule has 0 aliphatic carbocycles. The molecule has 1 atom stereocenters. The molecule has 106 valence electrons. The summed E-state index contributed by atoms with van der Waals surface area (Å²) >= 11 is 1.67. The molecule has 1 aliphatic rings. The molecule has 2 heterocycles. The van der Waals surface area contributed by atoms with E-state index < -0.39 is 0 Å². The van der Waals surface area contributed by atoms with Gasteiger partial charge in [0.15, 0.2) is 0 Å². The third-order valence-electron chi connectivity index (χ3n) is 3.66. The van der Waals surface area contributed by atoms with Crippen LogP contribution < -0.4 is 0 Å². The minimum Gasteiger partial charge on any atom is -0.381 e. The van der Waals surface area contributed by atoms with Crippen LogP contribution >= 0.6 is 11.3 Å². The number of ether oxygens (including phenoxy) is 1. The van der Waals surface area contributed by atoms with Crippen molar-refractivity contribution in [3.8, 4) is 0 Å². The Bertz CT molecular complexity index is 413. The van der Waals surface area contributed by atoms with Gasteiger partial charge in [0.05, 0.1) is 11.2 Å². The maximum atomic E-state index is 12.1. The number of amides is 1. The molecule has 1 unspecified atom stereocenters. The summed E-state index contributed by atoms with van der Waals surface area (Å²) in [6, 6.07) is 0. The fourth-order valence-electron chi connectivity index (χ4n) is 2.33. The van der Waals surface area contributed by atoms with Crippen LogP contribution in [0.15, 0.2) is 5.51 Å². The highest BCUT2D eigenvalue weighted by Crippen LogP contribution is 2.18. The number of likely N-dealkylation sites (N-methyl/N-ethyl adjacent to an activating group) is 1. The summed E-state index contributed by atoms with van der Waals surface area (Å²) in [6.07, 6.45) is 3.73. The van der Waals surface area contributed by atoms with Crippen LogP contribution in [0.2, 0.25) is 0 Å². The lowest BCUT2D eigenvalue weighted by Gasteiger charge is -2.24. The zero-order chi connectivity index (χ0) is 13.7. The summed E-state index contributed by atoms with van der Waals surface area (Å²) in [7, 11) is 1.89. The molecular weight excluding hydrogens is 260 g/mol. The fourth-order valence-corrected chi connectivity index (χ4v) is 3.10. The van der Waals surface area contributed by atoms with Crippen LogP contribution in [0.4, 0.5) is 0 Å². The van der Waals surface area contributed by atoms with E-state index in [1.807, 2.05) is 24.4 Å². The van der Waals surface area contributed by atoms with Crippen molar-refractivity contribution >= 4 is 17.2 Å². The Kier molecular flexibility index (Phi) is 5.34. The first-order chi connectivity index (χ1) is 9.16. The van der Waals surface area contributed by atoms with Gasteiger partial charge in [0.25, 0.3) is 0 Å². The number of hydrogen-bond acceptors (Lipinski definition) is 4. The second-order valence-electron chi connectivity index (χ2n) is 5.21. The molecule has 1 aromatic heterocycles. The molecule has 2 rings (SSSR count). The van der Waals surface area contributed by atoms with Crippen molar-refractivity contribution in [2.45, 2.75) is 32.6 Å². The summed E-state index contributed by atoms with van der Waals surface area (Å²) in [5.41, 5.74) is 2.96. The number of rotatable bonds is 5. The van der Waals surface area contributed by atoms with E-state index >= 15 is 0 Å². The highest BCUT2D eigenvalue weighted by atomic mass is 32.1. The van der Waals surface area contributed by atoms with E-state index in [4.69, 9.17) is 4.74 Å². The lowest BCUT2D eigenvalue weighted by Crippen LogP contribution is -2.32. The van der Waals surface area contributed by atoms with Gasteiger partial charge in [-0.25, -0.2) is 4.98 Å². The normalized spacial score (nSPS) is 19.4. The molecule has 5 heteroatoms. The van der Waals surface area contributed by atoms with Crippen LogP contribution in [0.1, 0.15) is 29.8 Å². The zero-order valence-electron chi connectivity index (χ0n) is 11.7. The van der Waals surface area contributed by atoms with Crippen molar-refractivity contribution in [1.82, 2.24) is 9.88 Å². The standard InChI is InChI=1S/C14H22N2O2S/c1-11-13(19-10-15-11)5-6-16(2)14(17)8-12-4-3-7-18-9-12/h10,12H,3-9H2,1-2H3. The summed E-state index contributed by atoms with van der Waals surface area (Å²) in [5, 5.41) is 0. The second-order valence-corrected chi connectivity index (χ2v) is 6.15. The fraction of sp³-hybridized carbons (Fsp3) is 0.714. The van der Waals surface area contributed by atoms with Crippen molar-refractivity contribution in [3.05, 3.63) is 16.1 Å². The Hall–Kier alpha value is -0.940. The Morgan fingerprint density at radius 2 is 2.47 bits per heavy atom. The van der Waals surface area contributed by atoms with E-state index in [-0.39, 0.29) is 5.91 Å². The lowest BCUT2D eigenvalue weighted by atomic mass is 9.98. The van der Waals surface area contributed by atoms with Crippen LogP contribution in [0, 0.1) is 12.8 Å². The number of carbonyl (C=O) groups excluding carboxylic acids is 1. The van der Waals surface area contributed by atoms with Crippen molar-refractivity contribution < 1.29 is 9.53 Å². The lowest BCUT2D eigenvalue weighted by molar-refractivity contribution is -0.131. The van der Waals surface area contributed by atoms with Gasteiger partial charge in [-0.3, -0.25) is 4.79 Å². The van der Waals surface area contributed by atoms with E-state index in [1.54, 1.807) is 11.3 Å². The zero-order valence-corrected chi connectivity index (χ0v) is 12.5.